The van der Waals surface area contributed by atoms with Crippen LogP contribution in [-0.2, 0) is 22.1 Å². The highest BCUT2D eigenvalue weighted by molar-refractivity contribution is 9.10. The maximum absolute atomic E-state index is 13.0. The summed E-state index contributed by atoms with van der Waals surface area (Å²) in [5.74, 6) is 0. The molecule has 3 aliphatic rings. The van der Waals surface area contributed by atoms with Gasteiger partial charge in [0, 0.05) is 72.3 Å². The summed E-state index contributed by atoms with van der Waals surface area (Å²) >= 11 is 3.37. The molecule has 1 aromatic heterocycles. The second kappa shape index (κ2) is 13.2. The quantitative estimate of drug-likeness (QED) is 0.258. The lowest BCUT2D eigenvalue weighted by Gasteiger charge is -2.50. The predicted octanol–water partition coefficient (Wildman–Crippen LogP) is 7.77. The number of nitrogens with zero attached hydrogens (tertiary/aromatic N) is 3. The van der Waals surface area contributed by atoms with Crippen molar-refractivity contribution >= 4 is 28.2 Å². The molecule has 1 amide bonds. The van der Waals surface area contributed by atoms with Gasteiger partial charge in [-0.15, -0.1) is 0 Å². The van der Waals surface area contributed by atoms with Crippen molar-refractivity contribution in [1.29, 1.82) is 0 Å². The fourth-order valence-corrected chi connectivity index (χ4v) is 6.55. The summed E-state index contributed by atoms with van der Waals surface area (Å²) in [7, 11) is 0. The number of amides is 1. The van der Waals surface area contributed by atoms with Crippen molar-refractivity contribution in [2.45, 2.75) is 69.4 Å². The van der Waals surface area contributed by atoms with Crippen molar-refractivity contribution < 1.29 is 27.1 Å². The number of hydrogen-bond acceptors (Lipinski definition) is 5. The van der Waals surface area contributed by atoms with Crippen molar-refractivity contribution in [1.82, 2.24) is 15.2 Å². The van der Waals surface area contributed by atoms with E-state index in [0.29, 0.717) is 19.6 Å². The standard InChI is InChI=1S/C18H17F2N3.C16H20BrF2NO2/c19-17(20)7-18(10-22-11-18)13-3-1-2-12(6-13)14-4-5-23-16-9-21-8-15(14)16;1-15(2,3)22-14(21)20-9-16(10-20,8-13(18)19)11-5-4-6-12(17)7-11/h1-6,8,17,22H,7,9-11H2;4-7,13H,8-10H2,1-3H3. The SMILES string of the molecule is CC(C)(C)OC(=O)N1CC(CC(F)F)(c2cccc(Br)c2)C1.FC(F)CC1(c2cccc(-c3ccnc4c3C=NC4)c2)CNC1. The molecule has 0 radical (unpaired) electrons. The topological polar surface area (TPSA) is 66.8 Å². The van der Waals surface area contributed by atoms with Gasteiger partial charge in [-0.2, -0.15) is 0 Å². The zero-order valence-electron chi connectivity index (χ0n) is 25.5. The van der Waals surface area contributed by atoms with E-state index in [1.165, 1.54) is 4.90 Å². The van der Waals surface area contributed by atoms with Gasteiger partial charge in [0.25, 0.3) is 0 Å². The van der Waals surface area contributed by atoms with E-state index in [9.17, 15) is 22.4 Å². The van der Waals surface area contributed by atoms with Crippen LogP contribution in [0.5, 0.6) is 0 Å². The zero-order valence-corrected chi connectivity index (χ0v) is 27.1. The van der Waals surface area contributed by atoms with Crippen LogP contribution in [0.15, 0.2) is 70.3 Å². The minimum absolute atomic E-state index is 0.0979. The van der Waals surface area contributed by atoms with Crippen LogP contribution in [0.25, 0.3) is 11.1 Å². The molecule has 0 atom stereocenters. The molecule has 240 valence electrons. The Morgan fingerprint density at radius 3 is 2.22 bits per heavy atom. The molecule has 6 nitrogen and oxygen atoms in total. The average Bonchev–Trinajstić information content (AvgIpc) is 3.41. The van der Waals surface area contributed by atoms with Crippen LogP contribution in [0.3, 0.4) is 0 Å². The molecule has 0 spiro atoms. The van der Waals surface area contributed by atoms with E-state index in [1.54, 1.807) is 27.0 Å². The number of fused-ring (bicyclic) bond motifs is 1. The number of carbonyl (C=O) groups is 1. The van der Waals surface area contributed by atoms with Gasteiger partial charge in [0.1, 0.15) is 5.60 Å². The molecule has 11 heteroatoms. The van der Waals surface area contributed by atoms with E-state index < -0.39 is 35.4 Å². The molecule has 2 aromatic carbocycles. The highest BCUT2D eigenvalue weighted by Gasteiger charge is 2.49. The number of carbonyl (C=O) groups excluding carboxylic acids is 1. The average molecular weight is 690 g/mol. The maximum atomic E-state index is 13.0. The molecule has 2 fully saturated rings. The van der Waals surface area contributed by atoms with Crippen LogP contribution in [-0.4, -0.2) is 66.8 Å². The Balaban J connectivity index is 0.000000178. The molecular formula is C34H37BrF4N4O2. The lowest BCUT2D eigenvalue weighted by Crippen LogP contribution is -2.62. The first-order valence-electron chi connectivity index (χ1n) is 14.9. The van der Waals surface area contributed by atoms with Gasteiger partial charge < -0.3 is 15.0 Å². The first-order chi connectivity index (χ1) is 21.3. The highest BCUT2D eigenvalue weighted by atomic mass is 79.9. The largest absolute Gasteiger partial charge is 0.444 e. The summed E-state index contributed by atoms with van der Waals surface area (Å²) in [6, 6.07) is 17.3. The Labute approximate surface area is 269 Å². The van der Waals surface area contributed by atoms with E-state index in [1.807, 2.05) is 60.8 Å². The Kier molecular flexibility index (Phi) is 9.70. The first-order valence-corrected chi connectivity index (χ1v) is 15.7. The minimum atomic E-state index is -2.42. The number of alkyl halides is 4. The Morgan fingerprint density at radius 1 is 0.978 bits per heavy atom. The lowest BCUT2D eigenvalue weighted by atomic mass is 9.71. The van der Waals surface area contributed by atoms with E-state index in [2.05, 4.69) is 31.2 Å². The van der Waals surface area contributed by atoms with Gasteiger partial charge >= 0.3 is 6.09 Å². The van der Waals surface area contributed by atoms with Gasteiger partial charge in [0.2, 0.25) is 12.9 Å². The number of aliphatic imine (C=N–C) groups is 1. The number of hydrogen-bond donors (Lipinski definition) is 1. The zero-order chi connectivity index (χ0) is 32.4. The molecule has 3 aromatic rings. The maximum Gasteiger partial charge on any atom is 0.410 e. The van der Waals surface area contributed by atoms with E-state index in [4.69, 9.17) is 4.74 Å². The summed E-state index contributed by atoms with van der Waals surface area (Å²) in [6.45, 7) is 7.68. The molecule has 0 bridgehead atoms. The van der Waals surface area contributed by atoms with Crippen molar-refractivity contribution in [2.24, 2.45) is 4.99 Å². The number of rotatable bonds is 7. The summed E-state index contributed by atoms with van der Waals surface area (Å²) in [5, 5.41) is 3.14. The van der Waals surface area contributed by atoms with Gasteiger partial charge in [-0.1, -0.05) is 52.3 Å². The van der Waals surface area contributed by atoms with Gasteiger partial charge in [-0.05, 0) is 61.2 Å². The molecule has 45 heavy (non-hydrogen) atoms. The number of nitrogens with one attached hydrogen (secondary N) is 1. The van der Waals surface area contributed by atoms with Crippen LogP contribution in [0.1, 0.15) is 56.0 Å². The number of pyridine rings is 1. The van der Waals surface area contributed by atoms with Crippen LogP contribution < -0.4 is 5.32 Å². The Bertz CT molecular complexity index is 1550. The molecule has 0 aliphatic carbocycles. The van der Waals surface area contributed by atoms with Crippen LogP contribution in [0.2, 0.25) is 0 Å². The number of aromatic nitrogens is 1. The smallest absolute Gasteiger partial charge is 0.410 e. The Hall–Kier alpha value is -3.31. The van der Waals surface area contributed by atoms with Crippen molar-refractivity contribution in [3.63, 3.8) is 0 Å². The normalized spacial score (nSPS) is 17.7. The third-order valence-corrected chi connectivity index (χ3v) is 8.91. The molecule has 1 N–H and O–H groups in total. The number of likely N-dealkylation sites (tertiary alicyclic amines) is 1. The third-order valence-electron chi connectivity index (χ3n) is 8.41. The fourth-order valence-electron chi connectivity index (χ4n) is 6.15. The number of halogens is 5. The summed E-state index contributed by atoms with van der Waals surface area (Å²) < 4.78 is 58.1. The lowest BCUT2D eigenvalue weighted by molar-refractivity contribution is -0.0260. The summed E-state index contributed by atoms with van der Waals surface area (Å²) in [5.41, 5.74) is 4.18. The summed E-state index contributed by atoms with van der Waals surface area (Å²) in [4.78, 5) is 22.1. The molecule has 3 aliphatic heterocycles. The first kappa shape index (κ1) is 33.1. The fraction of sp³-hybridized carbons (Fsp3) is 0.441. The highest BCUT2D eigenvalue weighted by Crippen LogP contribution is 2.41. The Morgan fingerprint density at radius 2 is 1.62 bits per heavy atom. The van der Waals surface area contributed by atoms with Gasteiger partial charge in [0.05, 0.1) is 12.2 Å². The molecule has 4 heterocycles. The molecule has 0 saturated carbocycles. The monoisotopic (exact) mass is 688 g/mol. The van der Waals surface area contributed by atoms with Crippen molar-refractivity contribution in [3.8, 4) is 11.1 Å². The van der Waals surface area contributed by atoms with E-state index in [-0.39, 0.29) is 25.9 Å². The second-order valence-corrected chi connectivity index (χ2v) is 13.9. The van der Waals surface area contributed by atoms with Gasteiger partial charge in [-0.3, -0.25) is 9.98 Å². The van der Waals surface area contributed by atoms with Crippen LogP contribution in [0, 0.1) is 0 Å². The van der Waals surface area contributed by atoms with Crippen molar-refractivity contribution in [2.75, 3.05) is 26.2 Å². The van der Waals surface area contributed by atoms with Crippen molar-refractivity contribution in [3.05, 3.63) is 87.7 Å². The van der Waals surface area contributed by atoms with E-state index >= 15 is 0 Å². The number of ether oxygens (including phenoxy) is 1. The molecule has 2 saturated heterocycles. The van der Waals surface area contributed by atoms with Gasteiger partial charge in [-0.25, -0.2) is 22.4 Å². The molecular weight excluding hydrogens is 652 g/mol. The number of benzene rings is 2. The molecule has 0 unspecified atom stereocenters. The predicted molar refractivity (Wildman–Crippen MR) is 170 cm³/mol. The minimum Gasteiger partial charge on any atom is -0.444 e. The molecule has 6 rings (SSSR count). The summed E-state index contributed by atoms with van der Waals surface area (Å²) in [6.07, 6.45) is -1.88. The third kappa shape index (κ3) is 7.57. The van der Waals surface area contributed by atoms with Gasteiger partial charge in [0.15, 0.2) is 0 Å². The van der Waals surface area contributed by atoms with Crippen LogP contribution >= 0.6 is 15.9 Å². The van der Waals surface area contributed by atoms with Crippen LogP contribution in [0.4, 0.5) is 22.4 Å². The second-order valence-electron chi connectivity index (χ2n) is 13.0. The van der Waals surface area contributed by atoms with E-state index in [0.717, 1.165) is 38.0 Å².